The second-order valence-electron chi connectivity index (χ2n) is 6.43. The van der Waals surface area contributed by atoms with E-state index in [2.05, 4.69) is 45.0 Å². The molecule has 0 aromatic carbocycles. The fourth-order valence-corrected chi connectivity index (χ4v) is 3.51. The summed E-state index contributed by atoms with van der Waals surface area (Å²) in [6, 6.07) is 1.14. The Bertz CT molecular complexity index is 233. The summed E-state index contributed by atoms with van der Waals surface area (Å²) in [6.45, 7) is 11.4. The molecular weight excluding hydrogens is 224 g/mol. The van der Waals surface area contributed by atoms with Crippen molar-refractivity contribution in [1.29, 1.82) is 0 Å². The molecular formula is C15H32N2O. The first kappa shape index (κ1) is 15.9. The Labute approximate surface area is 113 Å². The Morgan fingerprint density at radius 3 is 2.44 bits per heavy atom. The second-order valence-corrected chi connectivity index (χ2v) is 6.43. The van der Waals surface area contributed by atoms with Crippen LogP contribution in [0, 0.1) is 17.8 Å². The maximum absolute atomic E-state index is 9.19. The highest BCUT2D eigenvalue weighted by molar-refractivity contribution is 4.89. The van der Waals surface area contributed by atoms with Gasteiger partial charge >= 0.3 is 0 Å². The van der Waals surface area contributed by atoms with Gasteiger partial charge in [0.1, 0.15) is 0 Å². The monoisotopic (exact) mass is 256 g/mol. The number of hydrogen-bond donors (Lipinski definition) is 2. The molecule has 108 valence electrons. The van der Waals surface area contributed by atoms with Gasteiger partial charge in [0.05, 0.1) is 6.61 Å². The number of nitrogens with zero attached hydrogens (tertiary/aromatic N) is 1. The third-order valence-corrected chi connectivity index (χ3v) is 4.61. The van der Waals surface area contributed by atoms with Crippen LogP contribution in [0.4, 0.5) is 0 Å². The van der Waals surface area contributed by atoms with Crippen LogP contribution in [-0.4, -0.2) is 48.8 Å². The van der Waals surface area contributed by atoms with Gasteiger partial charge in [0.25, 0.3) is 0 Å². The van der Waals surface area contributed by atoms with Crippen molar-refractivity contribution < 1.29 is 5.11 Å². The van der Waals surface area contributed by atoms with E-state index in [-0.39, 0.29) is 6.61 Å². The van der Waals surface area contributed by atoms with Crippen molar-refractivity contribution in [3.8, 4) is 0 Å². The van der Waals surface area contributed by atoms with Crippen LogP contribution in [0.15, 0.2) is 0 Å². The van der Waals surface area contributed by atoms with E-state index in [4.69, 9.17) is 0 Å². The molecule has 0 heterocycles. The van der Waals surface area contributed by atoms with Crippen molar-refractivity contribution in [3.63, 3.8) is 0 Å². The third kappa shape index (κ3) is 4.22. The number of aliphatic hydroxyl groups excluding tert-OH is 1. The predicted molar refractivity (Wildman–Crippen MR) is 77.7 cm³/mol. The minimum atomic E-state index is 0.264. The molecule has 3 nitrogen and oxygen atoms in total. The maximum Gasteiger partial charge on any atom is 0.0558 e. The van der Waals surface area contributed by atoms with Crippen LogP contribution in [0.2, 0.25) is 0 Å². The van der Waals surface area contributed by atoms with Gasteiger partial charge < -0.3 is 10.4 Å². The molecule has 1 saturated carbocycles. The zero-order valence-electron chi connectivity index (χ0n) is 12.8. The summed E-state index contributed by atoms with van der Waals surface area (Å²) in [6.07, 6.45) is 2.63. The Balaban J connectivity index is 2.65. The first-order valence-corrected chi connectivity index (χ1v) is 7.51. The predicted octanol–water partition coefficient (Wildman–Crippen LogP) is 1.96. The Morgan fingerprint density at radius 2 is 1.94 bits per heavy atom. The maximum atomic E-state index is 9.19. The van der Waals surface area contributed by atoms with E-state index in [1.54, 1.807) is 0 Å². The molecule has 0 amide bonds. The first-order chi connectivity index (χ1) is 8.49. The lowest BCUT2D eigenvalue weighted by atomic mass is 9.72. The highest BCUT2D eigenvalue weighted by Crippen LogP contribution is 2.34. The second kappa shape index (κ2) is 7.46. The average molecular weight is 256 g/mol. The summed E-state index contributed by atoms with van der Waals surface area (Å²) in [4.78, 5) is 2.42. The van der Waals surface area contributed by atoms with Crippen LogP contribution in [0.3, 0.4) is 0 Å². The van der Waals surface area contributed by atoms with Crippen LogP contribution >= 0.6 is 0 Å². The summed E-state index contributed by atoms with van der Waals surface area (Å²) in [5, 5.41) is 12.7. The molecule has 4 atom stereocenters. The van der Waals surface area contributed by atoms with Gasteiger partial charge in [0.15, 0.2) is 0 Å². The van der Waals surface area contributed by atoms with Crippen LogP contribution in [0.5, 0.6) is 0 Å². The lowest BCUT2D eigenvalue weighted by Gasteiger charge is -2.42. The molecule has 0 spiro atoms. The molecule has 18 heavy (non-hydrogen) atoms. The van der Waals surface area contributed by atoms with Crippen LogP contribution in [-0.2, 0) is 0 Å². The highest BCUT2D eigenvalue weighted by Gasteiger charge is 2.34. The van der Waals surface area contributed by atoms with Crippen molar-refractivity contribution in [2.45, 2.75) is 52.6 Å². The minimum absolute atomic E-state index is 0.264. The Hall–Kier alpha value is -0.120. The van der Waals surface area contributed by atoms with Gasteiger partial charge in [-0.1, -0.05) is 13.8 Å². The molecule has 2 N–H and O–H groups in total. The van der Waals surface area contributed by atoms with E-state index in [0.29, 0.717) is 18.0 Å². The van der Waals surface area contributed by atoms with Crippen molar-refractivity contribution in [2.24, 2.45) is 17.8 Å². The van der Waals surface area contributed by atoms with E-state index in [9.17, 15) is 5.11 Å². The number of rotatable bonds is 6. The van der Waals surface area contributed by atoms with Crippen LogP contribution in [0.25, 0.3) is 0 Å². The number of nitrogens with one attached hydrogen (secondary N) is 1. The average Bonchev–Trinajstić information content (AvgIpc) is 2.30. The standard InChI is InChI=1S/C15H32N2O/c1-11(2)17(6-7-18)10-14-13(4)8-12(3)9-15(14)16-5/h11-16,18H,6-10H2,1-5H3. The van der Waals surface area contributed by atoms with Gasteiger partial charge in [-0.3, -0.25) is 4.90 Å². The largest absolute Gasteiger partial charge is 0.395 e. The van der Waals surface area contributed by atoms with Gasteiger partial charge in [-0.05, 0) is 51.5 Å². The molecule has 0 bridgehead atoms. The summed E-state index contributed by atoms with van der Waals surface area (Å²) >= 11 is 0. The van der Waals surface area contributed by atoms with Gasteiger partial charge in [-0.15, -0.1) is 0 Å². The molecule has 1 fully saturated rings. The van der Waals surface area contributed by atoms with Crippen molar-refractivity contribution in [1.82, 2.24) is 10.2 Å². The third-order valence-electron chi connectivity index (χ3n) is 4.61. The molecule has 1 aliphatic carbocycles. The van der Waals surface area contributed by atoms with Crippen LogP contribution < -0.4 is 5.32 Å². The molecule has 0 radical (unpaired) electrons. The normalized spacial score (nSPS) is 33.3. The van der Waals surface area contributed by atoms with Crippen LogP contribution in [0.1, 0.15) is 40.5 Å². The van der Waals surface area contributed by atoms with Gasteiger partial charge in [-0.25, -0.2) is 0 Å². The van der Waals surface area contributed by atoms with Gasteiger partial charge in [0.2, 0.25) is 0 Å². The topological polar surface area (TPSA) is 35.5 Å². The summed E-state index contributed by atoms with van der Waals surface area (Å²) < 4.78 is 0. The molecule has 0 aromatic heterocycles. The minimum Gasteiger partial charge on any atom is -0.395 e. The van der Waals surface area contributed by atoms with E-state index in [1.165, 1.54) is 12.8 Å². The fourth-order valence-electron chi connectivity index (χ4n) is 3.51. The van der Waals surface area contributed by atoms with E-state index >= 15 is 0 Å². The van der Waals surface area contributed by atoms with E-state index in [0.717, 1.165) is 24.9 Å². The van der Waals surface area contributed by atoms with Crippen molar-refractivity contribution in [2.75, 3.05) is 26.7 Å². The smallest absolute Gasteiger partial charge is 0.0558 e. The molecule has 0 saturated heterocycles. The van der Waals surface area contributed by atoms with E-state index < -0.39 is 0 Å². The molecule has 3 heteroatoms. The molecule has 0 aromatic rings. The number of hydrogen-bond acceptors (Lipinski definition) is 3. The Morgan fingerprint density at radius 1 is 1.28 bits per heavy atom. The van der Waals surface area contributed by atoms with Crippen molar-refractivity contribution in [3.05, 3.63) is 0 Å². The summed E-state index contributed by atoms with van der Waals surface area (Å²) in [7, 11) is 2.09. The highest BCUT2D eigenvalue weighted by atomic mass is 16.3. The quantitative estimate of drug-likeness (QED) is 0.762. The zero-order chi connectivity index (χ0) is 13.7. The summed E-state index contributed by atoms with van der Waals surface area (Å²) in [5.41, 5.74) is 0. The SMILES string of the molecule is CNC1CC(C)CC(C)C1CN(CCO)C(C)C. The summed E-state index contributed by atoms with van der Waals surface area (Å²) in [5.74, 6) is 2.31. The van der Waals surface area contributed by atoms with Crippen molar-refractivity contribution >= 4 is 0 Å². The molecule has 1 aliphatic rings. The molecule has 1 rings (SSSR count). The van der Waals surface area contributed by atoms with E-state index in [1.807, 2.05) is 0 Å². The Kier molecular flexibility index (Phi) is 6.61. The number of aliphatic hydroxyl groups is 1. The molecule has 0 aliphatic heterocycles. The van der Waals surface area contributed by atoms with Gasteiger partial charge in [-0.2, -0.15) is 0 Å². The zero-order valence-corrected chi connectivity index (χ0v) is 12.8. The lowest BCUT2D eigenvalue weighted by molar-refractivity contribution is 0.0783. The molecule has 4 unspecified atom stereocenters. The lowest BCUT2D eigenvalue weighted by Crippen LogP contribution is -2.49. The fraction of sp³-hybridized carbons (Fsp3) is 1.00. The van der Waals surface area contributed by atoms with Gasteiger partial charge in [0, 0.05) is 25.2 Å². The first-order valence-electron chi connectivity index (χ1n) is 7.51.